The van der Waals surface area contributed by atoms with Crippen molar-refractivity contribution in [1.29, 1.82) is 0 Å². The highest BCUT2D eigenvalue weighted by Gasteiger charge is 2.07. The summed E-state index contributed by atoms with van der Waals surface area (Å²) in [7, 11) is 0. The Morgan fingerprint density at radius 1 is 2.00 bits per heavy atom. The average molecular weight is 69.1 g/mol. The van der Waals surface area contributed by atoms with E-state index < -0.39 is 0 Å². The Balaban J connectivity index is 2.28. The molecule has 2 heteroatoms. The molecular formula is C3H3NO. The van der Waals surface area contributed by atoms with Gasteiger partial charge in [0.1, 0.15) is 12.3 Å². The fraction of sp³-hybridized carbons (Fsp3) is 0.333. The molecule has 0 aromatic carbocycles. The minimum absolute atomic E-state index is 0.0463. The van der Waals surface area contributed by atoms with Crippen molar-refractivity contribution in [2.24, 2.45) is 4.99 Å². The Morgan fingerprint density at radius 2 is 2.60 bits per heavy atom. The Labute approximate surface area is 29.5 Å². The number of nitrogens with zero attached hydrogens (tertiary/aromatic N) is 1. The molecule has 1 heterocycles. The third-order valence-electron chi connectivity index (χ3n) is 0.461. The van der Waals surface area contributed by atoms with Gasteiger partial charge in [0, 0.05) is 6.21 Å². The van der Waals surface area contributed by atoms with Gasteiger partial charge in [0.05, 0.1) is 0 Å². The van der Waals surface area contributed by atoms with Gasteiger partial charge in [-0.05, 0) is 0 Å². The van der Waals surface area contributed by atoms with E-state index in [9.17, 15) is 4.79 Å². The molecule has 0 amide bonds. The molecule has 0 aliphatic carbocycles. The van der Waals surface area contributed by atoms with Gasteiger partial charge in [0.15, 0.2) is 0 Å². The van der Waals surface area contributed by atoms with Gasteiger partial charge in [-0.25, -0.2) is 0 Å². The lowest BCUT2D eigenvalue weighted by Crippen LogP contribution is -1.83. The second-order valence-electron chi connectivity index (χ2n) is 0.925. The summed E-state index contributed by atoms with van der Waals surface area (Å²) in [6.07, 6.45) is 2.41. The van der Waals surface area contributed by atoms with Crippen LogP contribution in [-0.2, 0) is 4.79 Å². The van der Waals surface area contributed by atoms with Crippen molar-refractivity contribution < 1.29 is 4.79 Å². The monoisotopic (exact) mass is 69.0 g/mol. The van der Waals surface area contributed by atoms with E-state index in [0.29, 0.717) is 0 Å². The maximum Gasteiger partial charge on any atom is 0.149 e. The molecule has 0 fully saturated rings. The SMILES string of the molecule is O=C[C@@H]1C=N1. The zero-order chi connectivity index (χ0) is 3.70. The number of carbonyl (C=O) groups excluding carboxylic acids is 1. The highest BCUT2D eigenvalue weighted by atomic mass is 16.1. The Hall–Kier alpha value is -0.660. The quantitative estimate of drug-likeness (QED) is 0.386. The fourth-order valence-corrected chi connectivity index (χ4v) is 0.120. The summed E-state index contributed by atoms with van der Waals surface area (Å²) >= 11 is 0. The summed E-state index contributed by atoms with van der Waals surface area (Å²) in [6, 6.07) is -0.0463. The normalized spacial score (nSPS) is 30.0. The van der Waals surface area contributed by atoms with E-state index in [2.05, 4.69) is 4.99 Å². The third kappa shape index (κ3) is 0.318. The van der Waals surface area contributed by atoms with Crippen molar-refractivity contribution in [2.75, 3.05) is 0 Å². The summed E-state index contributed by atoms with van der Waals surface area (Å²) in [4.78, 5) is 13.0. The van der Waals surface area contributed by atoms with E-state index in [-0.39, 0.29) is 6.04 Å². The lowest BCUT2D eigenvalue weighted by molar-refractivity contribution is -0.107. The van der Waals surface area contributed by atoms with Crippen LogP contribution in [0.5, 0.6) is 0 Å². The van der Waals surface area contributed by atoms with Crippen molar-refractivity contribution in [2.45, 2.75) is 6.04 Å². The van der Waals surface area contributed by atoms with Gasteiger partial charge in [-0.3, -0.25) is 4.99 Å². The van der Waals surface area contributed by atoms with Crippen LogP contribution in [0, 0.1) is 0 Å². The molecule has 0 unspecified atom stereocenters. The molecule has 0 saturated carbocycles. The molecule has 0 N–H and O–H groups in total. The first-order chi connectivity index (χ1) is 2.43. The molecule has 0 spiro atoms. The van der Waals surface area contributed by atoms with Gasteiger partial charge >= 0.3 is 0 Å². The summed E-state index contributed by atoms with van der Waals surface area (Å²) in [5.74, 6) is 0. The number of aliphatic imine (C=N–C) groups is 1. The number of hydrogen-bond acceptors (Lipinski definition) is 2. The molecule has 1 aliphatic rings. The van der Waals surface area contributed by atoms with Crippen LogP contribution in [0.4, 0.5) is 0 Å². The molecule has 1 rings (SSSR count). The third-order valence-corrected chi connectivity index (χ3v) is 0.461. The summed E-state index contributed by atoms with van der Waals surface area (Å²) in [6.45, 7) is 0. The molecule has 26 valence electrons. The molecule has 0 bridgehead atoms. The minimum atomic E-state index is -0.0463. The predicted molar refractivity (Wildman–Crippen MR) is 18.3 cm³/mol. The summed E-state index contributed by atoms with van der Waals surface area (Å²) < 4.78 is 0. The molecule has 1 aliphatic heterocycles. The van der Waals surface area contributed by atoms with Crippen molar-refractivity contribution in [3.63, 3.8) is 0 Å². The first-order valence-corrected chi connectivity index (χ1v) is 1.42. The molecule has 5 heavy (non-hydrogen) atoms. The topological polar surface area (TPSA) is 29.4 Å². The highest BCUT2D eigenvalue weighted by molar-refractivity contribution is 5.96. The van der Waals surface area contributed by atoms with E-state index in [1.807, 2.05) is 0 Å². The lowest BCUT2D eigenvalue weighted by atomic mass is 10.5. The van der Waals surface area contributed by atoms with Gasteiger partial charge in [-0.1, -0.05) is 0 Å². The van der Waals surface area contributed by atoms with Crippen LogP contribution in [0.25, 0.3) is 0 Å². The molecule has 1 atom stereocenters. The van der Waals surface area contributed by atoms with Gasteiger partial charge in [-0.15, -0.1) is 0 Å². The van der Waals surface area contributed by atoms with E-state index in [1.54, 1.807) is 6.21 Å². The van der Waals surface area contributed by atoms with E-state index in [4.69, 9.17) is 0 Å². The molecular weight excluding hydrogens is 66.0 g/mol. The summed E-state index contributed by atoms with van der Waals surface area (Å²) in [5, 5.41) is 0. The van der Waals surface area contributed by atoms with Crippen LogP contribution in [0.2, 0.25) is 0 Å². The van der Waals surface area contributed by atoms with Crippen molar-refractivity contribution >= 4 is 12.5 Å². The van der Waals surface area contributed by atoms with Crippen molar-refractivity contribution in [1.82, 2.24) is 0 Å². The van der Waals surface area contributed by atoms with Crippen LogP contribution in [0.15, 0.2) is 4.99 Å². The maximum atomic E-state index is 9.44. The number of hydrogen-bond donors (Lipinski definition) is 0. The zero-order valence-corrected chi connectivity index (χ0v) is 2.59. The van der Waals surface area contributed by atoms with Crippen LogP contribution >= 0.6 is 0 Å². The first-order valence-electron chi connectivity index (χ1n) is 1.42. The minimum Gasteiger partial charge on any atom is -0.301 e. The molecule has 0 aromatic rings. The maximum absolute atomic E-state index is 9.44. The predicted octanol–water partition coefficient (Wildman–Crippen LogP) is -0.362. The smallest absolute Gasteiger partial charge is 0.149 e. The average Bonchev–Trinajstić information content (AvgIpc) is 2.12. The van der Waals surface area contributed by atoms with E-state index in [0.717, 1.165) is 6.29 Å². The van der Waals surface area contributed by atoms with Gasteiger partial charge in [0.2, 0.25) is 0 Å². The molecule has 0 saturated heterocycles. The number of rotatable bonds is 1. The first kappa shape index (κ1) is 2.57. The summed E-state index contributed by atoms with van der Waals surface area (Å²) in [5.41, 5.74) is 0. The molecule has 2 nitrogen and oxygen atoms in total. The number of carbonyl (C=O) groups is 1. The van der Waals surface area contributed by atoms with Crippen LogP contribution in [-0.4, -0.2) is 18.5 Å². The van der Waals surface area contributed by atoms with Gasteiger partial charge < -0.3 is 4.79 Å². The standard InChI is InChI=1S/C3H3NO/c5-2-3-1-4-3/h1-3H/t3-/m0/s1. The second-order valence-corrected chi connectivity index (χ2v) is 0.925. The highest BCUT2D eigenvalue weighted by Crippen LogP contribution is 1.92. The fourth-order valence-electron chi connectivity index (χ4n) is 0.120. The van der Waals surface area contributed by atoms with E-state index >= 15 is 0 Å². The second kappa shape index (κ2) is 0.641. The lowest BCUT2D eigenvalue weighted by Gasteiger charge is -1.56. The van der Waals surface area contributed by atoms with Crippen LogP contribution in [0.1, 0.15) is 0 Å². The van der Waals surface area contributed by atoms with Crippen molar-refractivity contribution in [3.8, 4) is 0 Å². The Morgan fingerprint density at radius 3 is 2.60 bits per heavy atom. The van der Waals surface area contributed by atoms with Crippen molar-refractivity contribution in [3.05, 3.63) is 0 Å². The zero-order valence-electron chi connectivity index (χ0n) is 2.59. The molecule has 0 aromatic heterocycles. The largest absolute Gasteiger partial charge is 0.301 e. The van der Waals surface area contributed by atoms with Gasteiger partial charge in [0.25, 0.3) is 0 Å². The number of aldehydes is 1. The Kier molecular flexibility index (Phi) is 0.330. The van der Waals surface area contributed by atoms with Crippen LogP contribution in [0.3, 0.4) is 0 Å². The van der Waals surface area contributed by atoms with Gasteiger partial charge in [-0.2, -0.15) is 0 Å². The Bertz CT molecular complexity index is 71.0. The molecule has 0 radical (unpaired) electrons. The van der Waals surface area contributed by atoms with Crippen LogP contribution < -0.4 is 0 Å². The van der Waals surface area contributed by atoms with E-state index in [1.165, 1.54) is 0 Å².